The van der Waals surface area contributed by atoms with E-state index in [-0.39, 0.29) is 56.3 Å². The zero-order chi connectivity index (χ0) is 12.3. The van der Waals surface area contributed by atoms with Gasteiger partial charge in [-0.2, -0.15) is 0 Å². The van der Waals surface area contributed by atoms with E-state index in [4.69, 9.17) is 0 Å². The Balaban J connectivity index is 0.00000162. The van der Waals surface area contributed by atoms with Crippen LogP contribution in [0, 0.1) is 0 Å². The second kappa shape index (κ2) is 6.81. The summed E-state index contributed by atoms with van der Waals surface area (Å²) in [6.07, 6.45) is 0. The van der Waals surface area contributed by atoms with Gasteiger partial charge in [0.25, 0.3) is 0 Å². The molecule has 0 unspecified atom stereocenters. The van der Waals surface area contributed by atoms with Gasteiger partial charge >= 0.3 is 51.4 Å². The van der Waals surface area contributed by atoms with Gasteiger partial charge in [-0.25, -0.2) is 8.42 Å². The number of para-hydroxylation sites is 1. The standard InChI is InChI=1S/C12H11NO3S.K/c14-17(15,16)12-8-6-11(7-9-12)13-10-4-2-1-3-5-10;/h1-9,13H,(H,14,15,16);/q;+1/p-1. The smallest absolute Gasteiger partial charge is 0.744 e. The molecule has 1 N–H and O–H groups in total. The number of benzene rings is 2. The first-order valence-corrected chi connectivity index (χ1v) is 6.34. The van der Waals surface area contributed by atoms with Crippen LogP contribution < -0.4 is 56.7 Å². The van der Waals surface area contributed by atoms with Gasteiger partial charge < -0.3 is 9.87 Å². The third-order valence-corrected chi connectivity index (χ3v) is 3.05. The van der Waals surface area contributed by atoms with Crippen LogP contribution in [0.5, 0.6) is 0 Å². The molecule has 0 aliphatic carbocycles. The van der Waals surface area contributed by atoms with Crippen molar-refractivity contribution in [1.29, 1.82) is 0 Å². The number of anilines is 2. The van der Waals surface area contributed by atoms with Crippen molar-refractivity contribution in [3.8, 4) is 0 Å². The first-order chi connectivity index (χ1) is 8.05. The fourth-order valence-corrected chi connectivity index (χ4v) is 1.86. The minimum Gasteiger partial charge on any atom is -0.744 e. The maximum absolute atomic E-state index is 10.7. The van der Waals surface area contributed by atoms with E-state index in [1.54, 1.807) is 12.1 Å². The maximum atomic E-state index is 10.7. The summed E-state index contributed by atoms with van der Waals surface area (Å²) in [5.41, 5.74) is 1.62. The molecule has 0 saturated carbocycles. The monoisotopic (exact) mass is 287 g/mol. The van der Waals surface area contributed by atoms with Crippen molar-refractivity contribution in [1.82, 2.24) is 0 Å². The molecule has 0 atom stereocenters. The minimum absolute atomic E-state index is 0. The van der Waals surface area contributed by atoms with Crippen molar-refractivity contribution in [3.05, 3.63) is 54.6 Å². The first-order valence-electron chi connectivity index (χ1n) is 4.94. The molecule has 4 nitrogen and oxygen atoms in total. The summed E-state index contributed by atoms with van der Waals surface area (Å²) in [7, 11) is -4.37. The average molecular weight is 287 g/mol. The van der Waals surface area contributed by atoms with Gasteiger partial charge in [-0.15, -0.1) is 0 Å². The SMILES string of the molecule is O=S(=O)([O-])c1ccc(Nc2ccccc2)cc1.[K+]. The maximum Gasteiger partial charge on any atom is 1.00 e. The topological polar surface area (TPSA) is 69.2 Å². The van der Waals surface area contributed by atoms with Crippen LogP contribution in [-0.4, -0.2) is 13.0 Å². The predicted molar refractivity (Wildman–Crippen MR) is 64.1 cm³/mol. The largest absolute Gasteiger partial charge is 1.00 e. The van der Waals surface area contributed by atoms with Crippen molar-refractivity contribution in [2.75, 3.05) is 5.32 Å². The van der Waals surface area contributed by atoms with Crippen LogP contribution in [0.3, 0.4) is 0 Å². The Morgan fingerprint density at radius 1 is 0.833 bits per heavy atom. The van der Waals surface area contributed by atoms with Crippen LogP contribution in [0.25, 0.3) is 0 Å². The number of rotatable bonds is 3. The van der Waals surface area contributed by atoms with E-state index in [0.29, 0.717) is 0 Å². The zero-order valence-electron chi connectivity index (χ0n) is 9.83. The van der Waals surface area contributed by atoms with E-state index >= 15 is 0 Å². The molecule has 0 aromatic heterocycles. The fraction of sp³-hybridized carbons (Fsp3) is 0. The average Bonchev–Trinajstić information content (AvgIpc) is 2.30. The molecule has 2 aromatic carbocycles. The molecule has 0 aliphatic heterocycles. The van der Waals surface area contributed by atoms with Gasteiger partial charge in [-0.1, -0.05) is 18.2 Å². The van der Waals surface area contributed by atoms with Crippen LogP contribution in [0.15, 0.2) is 59.5 Å². The van der Waals surface area contributed by atoms with Crippen LogP contribution in [0.1, 0.15) is 0 Å². The van der Waals surface area contributed by atoms with E-state index in [1.165, 1.54) is 12.1 Å². The van der Waals surface area contributed by atoms with Gasteiger partial charge in [0.1, 0.15) is 10.1 Å². The minimum atomic E-state index is -4.37. The number of hydrogen-bond acceptors (Lipinski definition) is 4. The van der Waals surface area contributed by atoms with Gasteiger partial charge in [0.05, 0.1) is 4.90 Å². The summed E-state index contributed by atoms with van der Waals surface area (Å²) in [6.45, 7) is 0. The Bertz CT molecular complexity index is 597. The molecule has 0 amide bonds. The third kappa shape index (κ3) is 4.47. The van der Waals surface area contributed by atoms with Crippen molar-refractivity contribution in [2.24, 2.45) is 0 Å². The Kier molecular flexibility index (Phi) is 5.99. The Hall–Kier alpha value is -0.214. The van der Waals surface area contributed by atoms with E-state index < -0.39 is 10.1 Å². The van der Waals surface area contributed by atoms with E-state index in [0.717, 1.165) is 11.4 Å². The molecule has 0 spiro atoms. The summed E-state index contributed by atoms with van der Waals surface area (Å²) >= 11 is 0. The molecule has 0 aliphatic rings. The van der Waals surface area contributed by atoms with Gasteiger partial charge in [-0.3, -0.25) is 0 Å². The number of hydrogen-bond donors (Lipinski definition) is 1. The van der Waals surface area contributed by atoms with Crippen LogP contribution in [0.2, 0.25) is 0 Å². The molecule has 0 heterocycles. The quantitative estimate of drug-likeness (QED) is 0.601. The second-order valence-corrected chi connectivity index (χ2v) is 4.85. The van der Waals surface area contributed by atoms with Crippen molar-refractivity contribution < 1.29 is 64.4 Å². The first kappa shape index (κ1) is 15.8. The normalized spacial score (nSPS) is 10.5. The third-order valence-electron chi connectivity index (χ3n) is 2.21. The van der Waals surface area contributed by atoms with Crippen molar-refractivity contribution >= 4 is 21.5 Å². The number of nitrogens with one attached hydrogen (secondary N) is 1. The van der Waals surface area contributed by atoms with Crippen LogP contribution in [0.4, 0.5) is 11.4 Å². The second-order valence-electron chi connectivity index (χ2n) is 3.47. The molecule has 18 heavy (non-hydrogen) atoms. The molecule has 0 bridgehead atoms. The van der Waals surface area contributed by atoms with E-state index in [2.05, 4.69) is 5.32 Å². The zero-order valence-corrected chi connectivity index (χ0v) is 13.8. The molecular weight excluding hydrogens is 277 g/mol. The van der Waals surface area contributed by atoms with Crippen LogP contribution >= 0.6 is 0 Å². The molecule has 2 aromatic rings. The van der Waals surface area contributed by atoms with E-state index in [9.17, 15) is 13.0 Å². The molecule has 0 radical (unpaired) electrons. The summed E-state index contributed by atoms with van der Waals surface area (Å²) in [6, 6.07) is 15.1. The molecular formula is C12H10KNO3S. The molecule has 0 saturated heterocycles. The van der Waals surface area contributed by atoms with Crippen molar-refractivity contribution in [2.45, 2.75) is 4.90 Å². The Morgan fingerprint density at radius 3 is 1.83 bits per heavy atom. The van der Waals surface area contributed by atoms with Gasteiger partial charge in [0.15, 0.2) is 0 Å². The summed E-state index contributed by atoms with van der Waals surface area (Å²) < 4.78 is 32.2. The van der Waals surface area contributed by atoms with Gasteiger partial charge in [-0.05, 0) is 36.4 Å². The predicted octanol–water partition coefficient (Wildman–Crippen LogP) is -0.662. The Labute approximate surface area is 149 Å². The summed E-state index contributed by atoms with van der Waals surface area (Å²) in [5.74, 6) is 0. The van der Waals surface area contributed by atoms with Crippen LogP contribution in [-0.2, 0) is 10.1 Å². The fourth-order valence-electron chi connectivity index (χ4n) is 1.39. The molecule has 6 heteroatoms. The summed E-state index contributed by atoms with van der Waals surface area (Å²) in [4.78, 5) is -0.226. The molecule has 0 fully saturated rings. The van der Waals surface area contributed by atoms with E-state index in [1.807, 2.05) is 30.3 Å². The Morgan fingerprint density at radius 2 is 1.33 bits per heavy atom. The molecule has 88 valence electrons. The van der Waals surface area contributed by atoms with Gasteiger partial charge in [0.2, 0.25) is 0 Å². The van der Waals surface area contributed by atoms with Crippen molar-refractivity contribution in [3.63, 3.8) is 0 Å². The van der Waals surface area contributed by atoms with Gasteiger partial charge in [0, 0.05) is 11.4 Å². The summed E-state index contributed by atoms with van der Waals surface area (Å²) in [5, 5.41) is 3.09. The molecule has 2 rings (SSSR count).